The van der Waals surface area contributed by atoms with Gasteiger partial charge in [0.2, 0.25) is 0 Å². The summed E-state index contributed by atoms with van der Waals surface area (Å²) in [4.78, 5) is 11.5. The predicted octanol–water partition coefficient (Wildman–Crippen LogP) is 5.41. The van der Waals surface area contributed by atoms with E-state index in [9.17, 15) is 44.3 Å². The first-order chi connectivity index (χ1) is 12.7. The van der Waals surface area contributed by atoms with Crippen molar-refractivity contribution in [2.75, 3.05) is 11.9 Å². The third-order valence-electron chi connectivity index (χ3n) is 3.46. The number of amides is 2. The summed E-state index contributed by atoms with van der Waals surface area (Å²) in [7, 11) is 0. The SMILES string of the molecule is CCCCOc1ccc(NC(=O)NC(C(F)(F)F)(C(F)(F)F)C(F)(F)F)cc1. The van der Waals surface area contributed by atoms with Crippen LogP contribution in [0.5, 0.6) is 5.75 Å². The van der Waals surface area contributed by atoms with E-state index in [0.717, 1.165) is 25.0 Å². The van der Waals surface area contributed by atoms with Crippen LogP contribution in [0.15, 0.2) is 24.3 Å². The molecular weight excluding hydrogens is 411 g/mol. The summed E-state index contributed by atoms with van der Waals surface area (Å²) in [6.07, 6.45) is -19.1. The minimum Gasteiger partial charge on any atom is -0.494 e. The highest BCUT2D eigenvalue weighted by Crippen LogP contribution is 2.52. The summed E-state index contributed by atoms with van der Waals surface area (Å²) < 4.78 is 120. The van der Waals surface area contributed by atoms with Crippen LogP contribution in [0.3, 0.4) is 0 Å². The van der Waals surface area contributed by atoms with Crippen LogP contribution in [0.2, 0.25) is 0 Å². The number of ether oxygens (including phenoxy) is 1. The molecule has 0 spiro atoms. The van der Waals surface area contributed by atoms with Gasteiger partial charge >= 0.3 is 30.1 Å². The standard InChI is InChI=1S/C15H15F9N2O2/c1-2-3-8-28-10-6-4-9(5-7-10)25-11(27)26-12(13(16,17)18,14(19,20)21)15(22,23)24/h4-7H,2-3,8H2,1H3,(H2,25,26,27). The lowest BCUT2D eigenvalue weighted by atomic mass is 9.97. The van der Waals surface area contributed by atoms with Crippen molar-refractivity contribution in [3.8, 4) is 5.75 Å². The Morgan fingerprint density at radius 3 is 1.75 bits per heavy atom. The zero-order valence-corrected chi connectivity index (χ0v) is 14.1. The van der Waals surface area contributed by atoms with Crippen LogP contribution in [0.25, 0.3) is 0 Å². The van der Waals surface area contributed by atoms with Gasteiger partial charge in [-0.25, -0.2) is 4.79 Å². The monoisotopic (exact) mass is 426 g/mol. The number of benzene rings is 1. The number of unbranched alkanes of at least 4 members (excludes halogenated alkanes) is 1. The van der Waals surface area contributed by atoms with Crippen LogP contribution in [-0.4, -0.2) is 36.7 Å². The Balaban J connectivity index is 3.01. The van der Waals surface area contributed by atoms with Gasteiger partial charge in [-0.15, -0.1) is 0 Å². The Morgan fingerprint density at radius 2 is 1.36 bits per heavy atom. The first-order valence-corrected chi connectivity index (χ1v) is 7.68. The van der Waals surface area contributed by atoms with Crippen LogP contribution in [0, 0.1) is 0 Å². The fraction of sp³-hybridized carbons (Fsp3) is 0.533. The zero-order valence-electron chi connectivity index (χ0n) is 14.1. The Bertz CT molecular complexity index is 615. The topological polar surface area (TPSA) is 50.4 Å². The summed E-state index contributed by atoms with van der Waals surface area (Å²) in [5.74, 6) is 0.287. The van der Waals surface area contributed by atoms with E-state index in [2.05, 4.69) is 0 Å². The number of alkyl halides is 9. The number of rotatable bonds is 6. The van der Waals surface area contributed by atoms with Crippen LogP contribution in [-0.2, 0) is 0 Å². The Morgan fingerprint density at radius 1 is 0.893 bits per heavy atom. The van der Waals surface area contributed by atoms with E-state index in [-0.39, 0.29) is 16.8 Å². The largest absolute Gasteiger partial charge is 0.494 e. The number of nitrogens with one attached hydrogen (secondary N) is 2. The molecule has 2 amide bonds. The molecule has 1 rings (SSSR count). The van der Waals surface area contributed by atoms with Gasteiger partial charge in [0.25, 0.3) is 0 Å². The first-order valence-electron chi connectivity index (χ1n) is 7.68. The lowest BCUT2D eigenvalue weighted by Crippen LogP contribution is -2.75. The smallest absolute Gasteiger partial charge is 0.429 e. The molecule has 2 N–H and O–H groups in total. The molecule has 0 unspecified atom stereocenters. The van der Waals surface area contributed by atoms with Crippen molar-refractivity contribution >= 4 is 11.7 Å². The maximum atomic E-state index is 12.8. The van der Waals surface area contributed by atoms with E-state index < -0.39 is 30.1 Å². The number of anilines is 1. The molecule has 160 valence electrons. The van der Waals surface area contributed by atoms with Crippen molar-refractivity contribution in [3.63, 3.8) is 0 Å². The fourth-order valence-electron chi connectivity index (χ4n) is 2.00. The highest BCUT2D eigenvalue weighted by atomic mass is 19.4. The van der Waals surface area contributed by atoms with Gasteiger partial charge in [0, 0.05) is 5.69 Å². The fourth-order valence-corrected chi connectivity index (χ4v) is 2.00. The highest BCUT2D eigenvalue weighted by Gasteiger charge is 2.84. The lowest BCUT2D eigenvalue weighted by molar-refractivity contribution is -0.386. The molecule has 28 heavy (non-hydrogen) atoms. The number of urea groups is 1. The second-order valence-electron chi connectivity index (χ2n) is 5.55. The van der Waals surface area contributed by atoms with Gasteiger partial charge in [0.1, 0.15) is 5.75 Å². The molecule has 0 saturated heterocycles. The molecule has 13 heteroatoms. The summed E-state index contributed by atoms with van der Waals surface area (Å²) in [6, 6.07) is 2.20. The molecule has 1 aromatic rings. The Hall–Kier alpha value is -2.34. The first kappa shape index (κ1) is 23.7. The maximum absolute atomic E-state index is 12.8. The summed E-state index contributed by atoms with van der Waals surface area (Å²) in [5.41, 5.74) is -6.78. The molecular formula is C15H15F9N2O2. The van der Waals surface area contributed by atoms with Crippen molar-refractivity contribution < 1.29 is 49.0 Å². The second-order valence-corrected chi connectivity index (χ2v) is 5.55. The molecule has 0 radical (unpaired) electrons. The van der Waals surface area contributed by atoms with Crippen LogP contribution in [0.4, 0.5) is 50.0 Å². The molecule has 0 aliphatic carbocycles. The molecule has 1 aromatic carbocycles. The average molecular weight is 426 g/mol. The van der Waals surface area contributed by atoms with Crippen molar-refractivity contribution in [1.29, 1.82) is 0 Å². The van der Waals surface area contributed by atoms with Gasteiger partial charge in [-0.2, -0.15) is 39.5 Å². The van der Waals surface area contributed by atoms with Gasteiger partial charge in [-0.3, -0.25) is 0 Å². The molecule has 0 aliphatic rings. The third kappa shape index (κ3) is 5.13. The lowest BCUT2D eigenvalue weighted by Gasteiger charge is -2.38. The van der Waals surface area contributed by atoms with Crippen molar-refractivity contribution in [2.24, 2.45) is 0 Å². The number of carbonyl (C=O) groups is 1. The van der Waals surface area contributed by atoms with Crippen LogP contribution in [0.1, 0.15) is 19.8 Å². The van der Waals surface area contributed by atoms with E-state index in [1.54, 1.807) is 0 Å². The minimum atomic E-state index is -6.89. The molecule has 4 nitrogen and oxygen atoms in total. The van der Waals surface area contributed by atoms with Crippen molar-refractivity contribution in [3.05, 3.63) is 24.3 Å². The van der Waals surface area contributed by atoms with Gasteiger partial charge in [0.05, 0.1) is 6.61 Å². The quantitative estimate of drug-likeness (QED) is 0.472. The molecule has 0 aliphatic heterocycles. The molecule has 0 atom stereocenters. The maximum Gasteiger partial charge on any atom is 0.429 e. The number of halogens is 9. The molecule has 0 heterocycles. The number of carbonyl (C=O) groups excluding carboxylic acids is 1. The molecule has 0 bridgehead atoms. The summed E-state index contributed by atoms with van der Waals surface area (Å²) in [6.45, 7) is 2.24. The van der Waals surface area contributed by atoms with Crippen molar-refractivity contribution in [1.82, 2.24) is 5.32 Å². The van der Waals surface area contributed by atoms with E-state index in [1.807, 2.05) is 6.92 Å². The van der Waals surface area contributed by atoms with Crippen LogP contribution >= 0.6 is 0 Å². The van der Waals surface area contributed by atoms with Crippen LogP contribution < -0.4 is 15.4 Å². The highest BCUT2D eigenvalue weighted by molar-refractivity contribution is 5.90. The van der Waals surface area contributed by atoms with Gasteiger partial charge in [0.15, 0.2) is 0 Å². The Labute approximate surface area is 153 Å². The Kier molecular flexibility index (Phi) is 7.07. The summed E-state index contributed by atoms with van der Waals surface area (Å²) >= 11 is 0. The minimum absolute atomic E-state index is 0.000925. The van der Waals surface area contributed by atoms with Crippen molar-refractivity contribution in [2.45, 2.75) is 43.8 Å². The van der Waals surface area contributed by atoms with Gasteiger partial charge < -0.3 is 15.4 Å². The zero-order chi connectivity index (χ0) is 21.8. The van der Waals surface area contributed by atoms with E-state index in [1.165, 1.54) is 17.4 Å². The predicted molar refractivity (Wildman–Crippen MR) is 79.9 cm³/mol. The normalized spacial score (nSPS) is 13.2. The van der Waals surface area contributed by atoms with Gasteiger partial charge in [-0.05, 0) is 30.7 Å². The second kappa shape index (κ2) is 8.35. The molecule has 0 aromatic heterocycles. The van der Waals surface area contributed by atoms with E-state index >= 15 is 0 Å². The summed E-state index contributed by atoms with van der Waals surface area (Å²) in [5, 5.41) is 1.50. The number of hydrogen-bond acceptors (Lipinski definition) is 2. The number of hydrogen-bond donors (Lipinski definition) is 2. The average Bonchev–Trinajstić information content (AvgIpc) is 2.51. The molecule has 0 saturated carbocycles. The van der Waals surface area contributed by atoms with E-state index in [0.29, 0.717) is 6.61 Å². The third-order valence-corrected chi connectivity index (χ3v) is 3.46. The van der Waals surface area contributed by atoms with E-state index in [4.69, 9.17) is 4.74 Å². The van der Waals surface area contributed by atoms with Gasteiger partial charge in [-0.1, -0.05) is 13.3 Å². The molecule has 0 fully saturated rings.